The lowest BCUT2D eigenvalue weighted by Gasteiger charge is -2.34. The number of nitrogens with zero attached hydrogens (tertiary/aromatic N) is 6. The number of hydrogen-bond acceptors (Lipinski definition) is 17. The number of rotatable bonds is 27. The predicted molar refractivity (Wildman–Crippen MR) is 268 cm³/mol. The molecule has 0 spiro atoms. The highest BCUT2D eigenvalue weighted by molar-refractivity contribution is 6.24. The van der Waals surface area contributed by atoms with Gasteiger partial charge in [0.25, 0.3) is 23.6 Å². The van der Waals surface area contributed by atoms with Crippen molar-refractivity contribution in [1.29, 1.82) is 0 Å². The van der Waals surface area contributed by atoms with Crippen molar-refractivity contribution in [2.75, 3.05) is 96.2 Å². The quantitative estimate of drug-likeness (QED) is 0.0290. The number of nitrogens with one attached hydrogen (secondary N) is 7. The lowest BCUT2D eigenvalue weighted by atomic mass is 10.0. The number of imide groups is 2. The first-order valence-electron chi connectivity index (χ1n) is 24.7. The molecule has 0 saturated carbocycles. The highest BCUT2D eigenvalue weighted by Gasteiger charge is 2.46. The molecule has 2 fully saturated rings. The largest absolute Gasteiger partial charge is 0.483 e. The van der Waals surface area contributed by atoms with Crippen LogP contribution in [0.4, 0.5) is 17.2 Å². The van der Waals surface area contributed by atoms with Crippen molar-refractivity contribution in [2.24, 2.45) is 0 Å². The standard InChI is InChI=1S/C50H59N13O12/c64-39(12-13-42(67)62-20-18-61(19-21-62)29-32-6-8-33(9-7-32)57-48(69)44-36(28-56-60-44)58-46-35-14-17-53-45(35)54-31-55-46)51-15-2-22-72-24-26-74-27-25-73-23-3-16-52-41(66)30-75-38-5-1-4-34-43(38)50(71)63(49(34)70)37-10-11-40(65)59-47(37)68/h1,4-9,14,17,28,31,37H,2-3,10-13,15-16,18-27,29-30H2,(H,51,64)(H,52,66)(H,56,60)(H,57,69)(H,59,65,68)(H2,53,54,55,58). The van der Waals surface area contributed by atoms with Crippen LogP contribution in [0, 0.1) is 0 Å². The number of H-pyrrole nitrogens is 2. The predicted octanol–water partition coefficient (Wildman–Crippen LogP) is 1.64. The summed E-state index contributed by atoms with van der Waals surface area (Å²) in [5.74, 6) is -3.02. The van der Waals surface area contributed by atoms with E-state index in [-0.39, 0.29) is 66.0 Å². The van der Waals surface area contributed by atoms with Crippen molar-refractivity contribution >= 4 is 75.5 Å². The molecule has 0 aliphatic carbocycles. The maximum Gasteiger partial charge on any atom is 0.275 e. The Balaban J connectivity index is 0.590. The summed E-state index contributed by atoms with van der Waals surface area (Å²) in [4.78, 5) is 117. The van der Waals surface area contributed by atoms with E-state index >= 15 is 0 Å². The summed E-state index contributed by atoms with van der Waals surface area (Å²) in [7, 11) is 0. The minimum absolute atomic E-state index is 0.00165. The van der Waals surface area contributed by atoms with Crippen LogP contribution in [0.25, 0.3) is 11.0 Å². The summed E-state index contributed by atoms with van der Waals surface area (Å²) in [6.45, 7) is 5.84. The molecule has 396 valence electrons. The van der Waals surface area contributed by atoms with E-state index in [2.05, 4.69) is 56.6 Å². The van der Waals surface area contributed by atoms with Crippen LogP contribution in [0.1, 0.15) is 75.3 Å². The van der Waals surface area contributed by atoms with Gasteiger partial charge in [0.05, 0.1) is 54.8 Å². The summed E-state index contributed by atoms with van der Waals surface area (Å²) in [5, 5.41) is 21.3. The van der Waals surface area contributed by atoms with Gasteiger partial charge < -0.3 is 50.1 Å². The minimum atomic E-state index is -1.11. The van der Waals surface area contributed by atoms with Crippen LogP contribution in [-0.4, -0.2) is 179 Å². The third kappa shape index (κ3) is 14.3. The molecule has 7 N–H and O–H groups in total. The van der Waals surface area contributed by atoms with E-state index in [1.807, 2.05) is 30.3 Å². The average molecular weight is 1030 g/mol. The van der Waals surface area contributed by atoms with E-state index < -0.39 is 42.2 Å². The van der Waals surface area contributed by atoms with E-state index in [9.17, 15) is 38.4 Å². The average Bonchev–Trinajstić information content (AvgIpc) is 4.16. The van der Waals surface area contributed by atoms with Crippen LogP contribution in [0.3, 0.4) is 0 Å². The van der Waals surface area contributed by atoms with Gasteiger partial charge >= 0.3 is 0 Å². The molecule has 0 radical (unpaired) electrons. The van der Waals surface area contributed by atoms with Crippen LogP contribution < -0.4 is 31.3 Å². The maximum atomic E-state index is 13.2. The van der Waals surface area contributed by atoms with Crippen LogP contribution in [0.2, 0.25) is 0 Å². The highest BCUT2D eigenvalue weighted by Crippen LogP contribution is 2.34. The highest BCUT2D eigenvalue weighted by atomic mass is 16.5. The second-order valence-corrected chi connectivity index (χ2v) is 17.7. The zero-order valence-corrected chi connectivity index (χ0v) is 41.2. The summed E-state index contributed by atoms with van der Waals surface area (Å²) in [5.41, 5.74) is 3.11. The van der Waals surface area contributed by atoms with Crippen molar-refractivity contribution in [1.82, 2.24) is 55.8 Å². The number of aromatic amines is 2. The molecule has 5 aromatic rings. The van der Waals surface area contributed by atoms with Crippen LogP contribution in [0.5, 0.6) is 5.75 Å². The van der Waals surface area contributed by atoms with E-state index in [0.717, 1.165) is 15.8 Å². The SMILES string of the molecule is O=C(CCC(=O)N1CCN(Cc2ccc(NC(=O)c3[nH]ncc3Nc3ncnc4[nH]ccc34)cc2)CC1)NCCCOCCOCCOCCCNC(=O)COc1cccc2c1C(=O)N(C1CCC(=O)NC1=O)C2=O. The third-order valence-electron chi connectivity index (χ3n) is 12.5. The molecular formula is C50H59N13O12. The molecule has 25 nitrogen and oxygen atoms in total. The number of aromatic nitrogens is 5. The summed E-state index contributed by atoms with van der Waals surface area (Å²) in [6.07, 6.45) is 6.13. The zero-order valence-electron chi connectivity index (χ0n) is 41.2. The number of piperazine rings is 1. The summed E-state index contributed by atoms with van der Waals surface area (Å²) in [6, 6.07) is 12.8. The number of benzene rings is 2. The zero-order chi connectivity index (χ0) is 52.5. The number of fused-ring (bicyclic) bond motifs is 2. The maximum absolute atomic E-state index is 13.2. The van der Waals surface area contributed by atoms with E-state index in [1.165, 1.54) is 30.7 Å². The van der Waals surface area contributed by atoms with Gasteiger partial charge in [-0.2, -0.15) is 5.10 Å². The Labute approximate surface area is 430 Å². The minimum Gasteiger partial charge on any atom is -0.483 e. The fourth-order valence-corrected chi connectivity index (χ4v) is 8.57. The van der Waals surface area contributed by atoms with Gasteiger partial charge in [-0.1, -0.05) is 18.2 Å². The van der Waals surface area contributed by atoms with Gasteiger partial charge in [0.15, 0.2) is 6.61 Å². The molecule has 1 unspecified atom stereocenters. The van der Waals surface area contributed by atoms with Gasteiger partial charge in [0.2, 0.25) is 23.6 Å². The number of ether oxygens (including phenoxy) is 4. The Morgan fingerprint density at radius 3 is 2.23 bits per heavy atom. The first-order valence-corrected chi connectivity index (χ1v) is 24.7. The number of carbonyl (C=O) groups excluding carboxylic acids is 8. The molecule has 0 bridgehead atoms. The topological polar surface area (TPSA) is 314 Å². The Morgan fingerprint density at radius 1 is 0.773 bits per heavy atom. The molecule has 3 aliphatic heterocycles. The molecule has 8 rings (SSSR count). The third-order valence-corrected chi connectivity index (χ3v) is 12.5. The fraction of sp³-hybridized carbons (Fsp3) is 0.420. The Kier molecular flexibility index (Phi) is 18.6. The lowest BCUT2D eigenvalue weighted by Crippen LogP contribution is -2.54. The van der Waals surface area contributed by atoms with Crippen molar-refractivity contribution in [3.8, 4) is 5.75 Å². The summed E-state index contributed by atoms with van der Waals surface area (Å²) < 4.78 is 22.3. The number of amides is 8. The smallest absolute Gasteiger partial charge is 0.275 e. The molecule has 2 saturated heterocycles. The number of anilines is 3. The molecule has 6 heterocycles. The van der Waals surface area contributed by atoms with Gasteiger partial charge in [0.1, 0.15) is 35.3 Å². The molecule has 8 amide bonds. The van der Waals surface area contributed by atoms with Crippen LogP contribution in [-0.2, 0) is 44.7 Å². The summed E-state index contributed by atoms with van der Waals surface area (Å²) >= 11 is 0. The van der Waals surface area contributed by atoms with E-state index in [4.69, 9.17) is 18.9 Å². The molecule has 3 aliphatic rings. The van der Waals surface area contributed by atoms with Crippen molar-refractivity contribution in [2.45, 2.75) is 51.1 Å². The second kappa shape index (κ2) is 26.2. The second-order valence-electron chi connectivity index (χ2n) is 17.7. The molecular weight excluding hydrogens is 975 g/mol. The Bertz CT molecular complexity index is 2850. The first-order chi connectivity index (χ1) is 36.5. The van der Waals surface area contributed by atoms with Crippen molar-refractivity contribution in [3.05, 3.63) is 89.6 Å². The molecule has 2 aromatic carbocycles. The van der Waals surface area contributed by atoms with Gasteiger partial charge in [-0.15, -0.1) is 0 Å². The van der Waals surface area contributed by atoms with E-state index in [1.54, 1.807) is 11.1 Å². The van der Waals surface area contributed by atoms with Gasteiger partial charge in [-0.05, 0) is 55.2 Å². The Morgan fingerprint density at radius 2 is 1.49 bits per heavy atom. The number of hydrogen-bond donors (Lipinski definition) is 7. The van der Waals surface area contributed by atoms with Gasteiger partial charge in [-0.25, -0.2) is 9.97 Å². The molecule has 75 heavy (non-hydrogen) atoms. The van der Waals surface area contributed by atoms with Crippen LogP contribution >= 0.6 is 0 Å². The molecule has 1 atom stereocenters. The lowest BCUT2D eigenvalue weighted by molar-refractivity contribution is -0.136. The monoisotopic (exact) mass is 1030 g/mol. The van der Waals surface area contributed by atoms with E-state index in [0.29, 0.717) is 121 Å². The normalized spacial score (nSPS) is 15.7. The Hall–Kier alpha value is -8.13. The van der Waals surface area contributed by atoms with Crippen molar-refractivity contribution in [3.63, 3.8) is 0 Å². The van der Waals surface area contributed by atoms with Crippen molar-refractivity contribution < 1.29 is 57.3 Å². The number of piperidine rings is 1. The van der Waals surface area contributed by atoms with Crippen LogP contribution in [0.15, 0.2) is 67.3 Å². The van der Waals surface area contributed by atoms with Gasteiger partial charge in [0, 0.05) is 90.2 Å². The molecule has 3 aromatic heterocycles. The van der Waals surface area contributed by atoms with Gasteiger partial charge in [-0.3, -0.25) is 58.6 Å². The molecule has 25 heteroatoms. The fourth-order valence-electron chi connectivity index (χ4n) is 8.57. The number of carbonyl (C=O) groups is 8. The first kappa shape index (κ1) is 53.2.